The van der Waals surface area contributed by atoms with E-state index < -0.39 is 0 Å². The molecule has 1 aromatic carbocycles. The number of nitrogens with zero attached hydrogens (tertiary/aromatic N) is 1. The standard InChI is InChI=1S/C9H5Cl2NO2/c10-6-1-2-7(11)8(5-6)14-9-12-3-4-13-9/h1-5H. The van der Waals surface area contributed by atoms with Gasteiger partial charge in [-0.05, 0) is 12.1 Å². The van der Waals surface area contributed by atoms with Gasteiger partial charge in [-0.25, -0.2) is 0 Å². The quantitative estimate of drug-likeness (QED) is 0.787. The van der Waals surface area contributed by atoms with Crippen LogP contribution in [-0.4, -0.2) is 4.98 Å². The molecule has 0 N–H and O–H groups in total. The molecule has 0 spiro atoms. The van der Waals surface area contributed by atoms with Crippen LogP contribution in [0.2, 0.25) is 10.0 Å². The third-order valence-corrected chi connectivity index (χ3v) is 2.05. The van der Waals surface area contributed by atoms with E-state index in [0.717, 1.165) is 0 Å². The van der Waals surface area contributed by atoms with Crippen LogP contribution in [0.1, 0.15) is 0 Å². The summed E-state index contributed by atoms with van der Waals surface area (Å²) in [5.41, 5.74) is 0. The first-order valence-electron chi connectivity index (χ1n) is 3.78. The summed E-state index contributed by atoms with van der Waals surface area (Å²) in [7, 11) is 0. The SMILES string of the molecule is Clc1ccc(Cl)c(Oc2ncco2)c1. The monoisotopic (exact) mass is 229 g/mol. The molecule has 1 heterocycles. The van der Waals surface area contributed by atoms with Crippen LogP contribution in [-0.2, 0) is 0 Å². The second kappa shape index (κ2) is 3.90. The molecule has 0 fully saturated rings. The van der Waals surface area contributed by atoms with Crippen LogP contribution in [0.5, 0.6) is 11.8 Å². The van der Waals surface area contributed by atoms with Crippen LogP contribution in [0, 0.1) is 0 Å². The van der Waals surface area contributed by atoms with Crippen LogP contribution in [0.25, 0.3) is 0 Å². The highest BCUT2D eigenvalue weighted by molar-refractivity contribution is 6.34. The average Bonchev–Trinajstić information content (AvgIpc) is 2.64. The highest BCUT2D eigenvalue weighted by Gasteiger charge is 2.06. The molecule has 2 aromatic rings. The van der Waals surface area contributed by atoms with E-state index in [1.54, 1.807) is 18.2 Å². The van der Waals surface area contributed by atoms with Crippen molar-refractivity contribution in [1.29, 1.82) is 0 Å². The van der Waals surface area contributed by atoms with Gasteiger partial charge < -0.3 is 9.15 Å². The van der Waals surface area contributed by atoms with Gasteiger partial charge in [0, 0.05) is 11.1 Å². The van der Waals surface area contributed by atoms with Crippen molar-refractivity contribution < 1.29 is 9.15 Å². The lowest BCUT2D eigenvalue weighted by Crippen LogP contribution is -1.84. The minimum atomic E-state index is 0.133. The number of aromatic nitrogens is 1. The Bertz CT molecular complexity index is 428. The maximum atomic E-state index is 5.86. The van der Waals surface area contributed by atoms with E-state index in [2.05, 4.69) is 4.98 Å². The number of ether oxygens (including phenoxy) is 1. The molecule has 0 atom stereocenters. The van der Waals surface area contributed by atoms with Crippen molar-refractivity contribution in [2.45, 2.75) is 0 Å². The topological polar surface area (TPSA) is 35.3 Å². The minimum Gasteiger partial charge on any atom is -0.417 e. The molecule has 0 aliphatic carbocycles. The Morgan fingerprint density at radius 1 is 1.29 bits per heavy atom. The lowest BCUT2D eigenvalue weighted by atomic mass is 10.3. The third kappa shape index (κ3) is 2.00. The van der Waals surface area contributed by atoms with Crippen molar-refractivity contribution in [3.05, 3.63) is 40.7 Å². The molecule has 5 heteroatoms. The predicted molar refractivity (Wildman–Crippen MR) is 53.0 cm³/mol. The van der Waals surface area contributed by atoms with Gasteiger partial charge in [-0.3, -0.25) is 0 Å². The van der Waals surface area contributed by atoms with Gasteiger partial charge in [0.2, 0.25) is 0 Å². The summed E-state index contributed by atoms with van der Waals surface area (Å²) < 4.78 is 10.1. The maximum absolute atomic E-state index is 5.86. The Balaban J connectivity index is 2.28. The molecule has 2 rings (SSSR count). The fourth-order valence-corrected chi connectivity index (χ4v) is 1.23. The van der Waals surface area contributed by atoms with E-state index in [-0.39, 0.29) is 6.08 Å². The summed E-state index contributed by atoms with van der Waals surface area (Å²) in [6.45, 7) is 0. The molecule has 0 radical (unpaired) electrons. The van der Waals surface area contributed by atoms with Crippen molar-refractivity contribution in [3.8, 4) is 11.8 Å². The first-order chi connectivity index (χ1) is 6.75. The second-order valence-electron chi connectivity index (χ2n) is 2.47. The van der Waals surface area contributed by atoms with Crippen molar-refractivity contribution in [3.63, 3.8) is 0 Å². The molecular weight excluding hydrogens is 225 g/mol. The molecule has 3 nitrogen and oxygen atoms in total. The maximum Gasteiger partial charge on any atom is 0.399 e. The van der Waals surface area contributed by atoms with Crippen molar-refractivity contribution >= 4 is 23.2 Å². The van der Waals surface area contributed by atoms with Crippen LogP contribution >= 0.6 is 23.2 Å². The predicted octanol–water partition coefficient (Wildman–Crippen LogP) is 3.77. The number of oxazole rings is 1. The molecule has 1 aromatic heterocycles. The summed E-state index contributed by atoms with van der Waals surface area (Å²) in [5, 5.41) is 0.989. The van der Waals surface area contributed by atoms with E-state index in [1.165, 1.54) is 12.5 Å². The molecule has 0 aliphatic heterocycles. The Morgan fingerprint density at radius 3 is 2.86 bits per heavy atom. The number of hydrogen-bond donors (Lipinski definition) is 0. The van der Waals surface area contributed by atoms with Crippen LogP contribution < -0.4 is 4.74 Å². The summed E-state index contributed by atoms with van der Waals surface area (Å²) in [6, 6.07) is 4.91. The zero-order valence-electron chi connectivity index (χ0n) is 6.91. The zero-order chi connectivity index (χ0) is 9.97. The molecule has 72 valence electrons. The summed E-state index contributed by atoms with van der Waals surface area (Å²) in [5.74, 6) is 0.418. The van der Waals surface area contributed by atoms with Crippen molar-refractivity contribution in [2.24, 2.45) is 0 Å². The van der Waals surface area contributed by atoms with Gasteiger partial charge in [-0.2, -0.15) is 4.98 Å². The zero-order valence-corrected chi connectivity index (χ0v) is 8.42. The summed E-state index contributed by atoms with van der Waals surface area (Å²) >= 11 is 11.6. The van der Waals surface area contributed by atoms with Crippen LogP contribution in [0.3, 0.4) is 0 Å². The fraction of sp³-hybridized carbons (Fsp3) is 0. The Hall–Kier alpha value is -1.19. The van der Waals surface area contributed by atoms with Gasteiger partial charge >= 0.3 is 6.08 Å². The molecule has 0 aliphatic rings. The van der Waals surface area contributed by atoms with E-state index >= 15 is 0 Å². The third-order valence-electron chi connectivity index (χ3n) is 1.50. The van der Waals surface area contributed by atoms with Crippen molar-refractivity contribution in [2.75, 3.05) is 0 Å². The molecule has 0 bridgehead atoms. The molecular formula is C9H5Cl2NO2. The van der Waals surface area contributed by atoms with Gasteiger partial charge in [-0.1, -0.05) is 23.2 Å². The van der Waals surface area contributed by atoms with Gasteiger partial charge in [0.05, 0.1) is 11.2 Å². The number of rotatable bonds is 2. The highest BCUT2D eigenvalue weighted by atomic mass is 35.5. The number of benzene rings is 1. The first-order valence-corrected chi connectivity index (χ1v) is 4.54. The number of halogens is 2. The second-order valence-corrected chi connectivity index (χ2v) is 3.32. The van der Waals surface area contributed by atoms with Crippen LogP contribution in [0.4, 0.5) is 0 Å². The lowest BCUT2D eigenvalue weighted by molar-refractivity contribution is 0.331. The molecule has 0 unspecified atom stereocenters. The van der Waals surface area contributed by atoms with Gasteiger partial charge in [0.1, 0.15) is 6.26 Å². The van der Waals surface area contributed by atoms with E-state index in [0.29, 0.717) is 15.8 Å². The fourth-order valence-electron chi connectivity index (χ4n) is 0.910. The Labute approximate surface area is 90.2 Å². The molecule has 0 saturated carbocycles. The smallest absolute Gasteiger partial charge is 0.399 e. The molecule has 0 amide bonds. The lowest BCUT2D eigenvalue weighted by Gasteiger charge is -2.02. The molecule has 14 heavy (non-hydrogen) atoms. The normalized spacial score (nSPS) is 10.1. The number of hydrogen-bond acceptors (Lipinski definition) is 3. The minimum absolute atomic E-state index is 0.133. The summed E-state index contributed by atoms with van der Waals surface area (Å²) in [6.07, 6.45) is 3.02. The largest absolute Gasteiger partial charge is 0.417 e. The highest BCUT2D eigenvalue weighted by Crippen LogP contribution is 2.30. The van der Waals surface area contributed by atoms with E-state index in [9.17, 15) is 0 Å². The van der Waals surface area contributed by atoms with Crippen LogP contribution in [0.15, 0.2) is 35.1 Å². The van der Waals surface area contributed by atoms with Gasteiger partial charge in [-0.15, -0.1) is 0 Å². The molecule has 0 saturated heterocycles. The van der Waals surface area contributed by atoms with Crippen molar-refractivity contribution in [1.82, 2.24) is 4.98 Å². The van der Waals surface area contributed by atoms with E-state index in [4.69, 9.17) is 32.4 Å². The van der Waals surface area contributed by atoms with Gasteiger partial charge in [0.25, 0.3) is 0 Å². The average molecular weight is 230 g/mol. The van der Waals surface area contributed by atoms with Gasteiger partial charge in [0.15, 0.2) is 5.75 Å². The Morgan fingerprint density at radius 2 is 2.14 bits per heavy atom. The summed E-state index contributed by atoms with van der Waals surface area (Å²) in [4.78, 5) is 3.79. The van der Waals surface area contributed by atoms with E-state index in [1.807, 2.05) is 0 Å². The Kier molecular flexibility index (Phi) is 2.61. The first kappa shape index (κ1) is 9.37.